The van der Waals surface area contributed by atoms with Crippen molar-refractivity contribution in [1.29, 1.82) is 0 Å². The lowest BCUT2D eigenvalue weighted by molar-refractivity contribution is -0.139. The average molecular weight is 543 g/mol. The molecule has 1 N–H and O–H groups in total. The molecule has 0 unspecified atom stereocenters. The largest absolute Gasteiger partial charge is 0.352 e. The summed E-state index contributed by atoms with van der Waals surface area (Å²) in [5.41, 5.74) is 2.48. The number of benzene rings is 2. The summed E-state index contributed by atoms with van der Waals surface area (Å²) in [6, 6.07) is 9.35. The summed E-state index contributed by atoms with van der Waals surface area (Å²) in [7, 11) is -3.81. The molecule has 0 spiro atoms. The summed E-state index contributed by atoms with van der Waals surface area (Å²) in [6.07, 6.45) is 1.79. The Morgan fingerprint density at radius 3 is 2.17 bits per heavy atom. The number of sulfonamides is 1. The van der Waals surface area contributed by atoms with Gasteiger partial charge in [0.05, 0.1) is 11.9 Å². The van der Waals surface area contributed by atoms with Gasteiger partial charge in [0, 0.05) is 22.6 Å². The average Bonchev–Trinajstić information content (AvgIpc) is 2.76. The molecule has 0 fully saturated rings. The summed E-state index contributed by atoms with van der Waals surface area (Å²) in [4.78, 5) is 28.0. The van der Waals surface area contributed by atoms with E-state index in [4.69, 9.17) is 23.2 Å². The van der Waals surface area contributed by atoms with Crippen LogP contribution in [-0.2, 0) is 26.2 Å². The van der Waals surface area contributed by atoms with Crippen LogP contribution in [0.2, 0.25) is 10.0 Å². The SMILES string of the molecule is CC[C@@H](C)NC(=O)[C@@H](C)N(Cc1ccc(Cl)cc1Cl)C(=O)CN(c1c(C)cccc1C)S(C)(=O)=O. The quantitative estimate of drug-likeness (QED) is 0.471. The molecule has 0 radical (unpaired) electrons. The Morgan fingerprint density at radius 2 is 1.66 bits per heavy atom. The smallest absolute Gasteiger partial charge is 0.244 e. The van der Waals surface area contributed by atoms with Gasteiger partial charge in [-0.3, -0.25) is 13.9 Å². The molecule has 2 aromatic rings. The number of nitrogens with zero attached hydrogens (tertiary/aromatic N) is 2. The van der Waals surface area contributed by atoms with Crippen LogP contribution in [0, 0.1) is 13.8 Å². The maximum Gasteiger partial charge on any atom is 0.244 e. The molecule has 192 valence electrons. The molecule has 0 aliphatic heterocycles. The van der Waals surface area contributed by atoms with Gasteiger partial charge in [0.1, 0.15) is 12.6 Å². The van der Waals surface area contributed by atoms with E-state index in [-0.39, 0.29) is 18.5 Å². The highest BCUT2D eigenvalue weighted by Gasteiger charge is 2.31. The predicted octanol–water partition coefficient (Wildman–Crippen LogP) is 4.71. The second-order valence-electron chi connectivity index (χ2n) is 8.76. The summed E-state index contributed by atoms with van der Waals surface area (Å²) < 4.78 is 26.6. The molecule has 2 amide bonds. The van der Waals surface area contributed by atoms with E-state index in [0.29, 0.717) is 21.3 Å². The predicted molar refractivity (Wildman–Crippen MR) is 142 cm³/mol. The minimum atomic E-state index is -3.81. The Bertz CT molecular complexity index is 1170. The Kier molecular flexibility index (Phi) is 10.0. The third-order valence-corrected chi connectivity index (χ3v) is 7.59. The standard InChI is InChI=1S/C25H33Cl2N3O4S/c1-7-18(4)28-25(32)19(5)29(14-20-11-12-21(26)13-22(20)27)23(31)15-30(35(6,33)34)24-16(2)9-8-10-17(24)3/h8-13,18-19H,7,14-15H2,1-6H3,(H,28,32)/t18-,19-/m1/s1. The lowest BCUT2D eigenvalue weighted by atomic mass is 10.1. The van der Waals surface area contributed by atoms with Crippen molar-refractivity contribution in [2.75, 3.05) is 17.1 Å². The highest BCUT2D eigenvalue weighted by Crippen LogP contribution is 2.28. The molecule has 7 nitrogen and oxygen atoms in total. The maximum absolute atomic E-state index is 13.7. The molecule has 0 aliphatic carbocycles. The van der Waals surface area contributed by atoms with E-state index in [1.807, 2.05) is 19.9 Å². The number of para-hydroxylation sites is 1. The minimum Gasteiger partial charge on any atom is -0.352 e. The van der Waals surface area contributed by atoms with Crippen molar-refractivity contribution in [3.63, 3.8) is 0 Å². The number of halogens is 2. The van der Waals surface area contributed by atoms with Gasteiger partial charge in [-0.25, -0.2) is 8.42 Å². The van der Waals surface area contributed by atoms with Gasteiger partial charge in [-0.2, -0.15) is 0 Å². The van der Waals surface area contributed by atoms with E-state index in [9.17, 15) is 18.0 Å². The van der Waals surface area contributed by atoms with Crippen LogP contribution >= 0.6 is 23.2 Å². The number of nitrogens with one attached hydrogen (secondary N) is 1. The summed E-state index contributed by atoms with van der Waals surface area (Å²) in [6.45, 7) is 8.56. The Morgan fingerprint density at radius 1 is 1.06 bits per heavy atom. The first-order valence-electron chi connectivity index (χ1n) is 11.3. The monoisotopic (exact) mass is 541 g/mol. The molecule has 35 heavy (non-hydrogen) atoms. The summed E-state index contributed by atoms with van der Waals surface area (Å²) in [5.74, 6) is -0.869. The number of amides is 2. The highest BCUT2D eigenvalue weighted by molar-refractivity contribution is 7.92. The first kappa shape index (κ1) is 28.9. The number of carbonyl (C=O) groups excluding carboxylic acids is 2. The van der Waals surface area contributed by atoms with Crippen LogP contribution in [-0.4, -0.2) is 50.0 Å². The molecule has 0 saturated carbocycles. The molecule has 0 heterocycles. The zero-order chi connectivity index (χ0) is 26.5. The van der Waals surface area contributed by atoms with Crippen molar-refractivity contribution in [3.05, 3.63) is 63.1 Å². The van der Waals surface area contributed by atoms with Crippen molar-refractivity contribution in [1.82, 2.24) is 10.2 Å². The Balaban J connectivity index is 2.48. The van der Waals surface area contributed by atoms with Crippen molar-refractivity contribution < 1.29 is 18.0 Å². The normalized spacial score (nSPS) is 13.1. The Labute approximate surface area is 218 Å². The van der Waals surface area contributed by atoms with Gasteiger partial charge >= 0.3 is 0 Å². The first-order valence-corrected chi connectivity index (χ1v) is 13.9. The van der Waals surface area contributed by atoms with Crippen LogP contribution in [0.5, 0.6) is 0 Å². The fraction of sp³-hybridized carbons (Fsp3) is 0.440. The van der Waals surface area contributed by atoms with E-state index in [1.54, 1.807) is 51.1 Å². The van der Waals surface area contributed by atoms with E-state index in [2.05, 4.69) is 5.32 Å². The first-order chi connectivity index (χ1) is 16.3. The third-order valence-electron chi connectivity index (χ3n) is 5.89. The van der Waals surface area contributed by atoms with Crippen LogP contribution in [0.15, 0.2) is 36.4 Å². The molecule has 2 aromatic carbocycles. The maximum atomic E-state index is 13.7. The summed E-state index contributed by atoms with van der Waals surface area (Å²) >= 11 is 12.4. The second kappa shape index (κ2) is 12.1. The van der Waals surface area contributed by atoms with Crippen LogP contribution in [0.3, 0.4) is 0 Å². The number of hydrogen-bond donors (Lipinski definition) is 1. The van der Waals surface area contributed by atoms with Gasteiger partial charge in [-0.05, 0) is 62.9 Å². The molecule has 0 aliphatic rings. The lowest BCUT2D eigenvalue weighted by Crippen LogP contribution is -2.52. The molecular weight excluding hydrogens is 509 g/mol. The number of anilines is 1. The van der Waals surface area contributed by atoms with E-state index in [0.717, 1.165) is 28.1 Å². The molecule has 0 aromatic heterocycles. The van der Waals surface area contributed by atoms with Crippen molar-refractivity contribution in [2.45, 2.75) is 59.7 Å². The fourth-order valence-electron chi connectivity index (χ4n) is 3.66. The van der Waals surface area contributed by atoms with Crippen molar-refractivity contribution >= 4 is 50.7 Å². The Hall–Kier alpha value is -2.29. The van der Waals surface area contributed by atoms with Crippen molar-refractivity contribution in [3.8, 4) is 0 Å². The molecule has 0 saturated heterocycles. The van der Waals surface area contributed by atoms with E-state index >= 15 is 0 Å². The van der Waals surface area contributed by atoms with Gasteiger partial charge in [0.2, 0.25) is 21.8 Å². The zero-order valence-electron chi connectivity index (χ0n) is 20.9. The molecule has 0 bridgehead atoms. The van der Waals surface area contributed by atoms with Crippen LogP contribution in [0.4, 0.5) is 5.69 Å². The third kappa shape index (κ3) is 7.59. The number of carbonyl (C=O) groups is 2. The number of hydrogen-bond acceptors (Lipinski definition) is 4. The van der Waals surface area contributed by atoms with E-state index < -0.39 is 28.5 Å². The second-order valence-corrected chi connectivity index (χ2v) is 11.5. The van der Waals surface area contributed by atoms with Gasteiger partial charge in [0.25, 0.3) is 0 Å². The minimum absolute atomic E-state index is 0.00822. The van der Waals surface area contributed by atoms with E-state index in [1.165, 1.54) is 4.90 Å². The van der Waals surface area contributed by atoms with Gasteiger partial charge in [0.15, 0.2) is 0 Å². The molecule has 2 atom stereocenters. The summed E-state index contributed by atoms with van der Waals surface area (Å²) in [5, 5.41) is 3.68. The number of rotatable bonds is 10. The fourth-order valence-corrected chi connectivity index (χ4v) is 5.09. The molecule has 2 rings (SSSR count). The topological polar surface area (TPSA) is 86.8 Å². The van der Waals surface area contributed by atoms with Crippen LogP contribution < -0.4 is 9.62 Å². The van der Waals surface area contributed by atoms with Crippen LogP contribution in [0.1, 0.15) is 43.9 Å². The highest BCUT2D eigenvalue weighted by atomic mass is 35.5. The molecule has 10 heteroatoms. The van der Waals surface area contributed by atoms with Gasteiger partial charge in [-0.1, -0.05) is 54.4 Å². The van der Waals surface area contributed by atoms with Crippen LogP contribution in [0.25, 0.3) is 0 Å². The molecular formula is C25H33Cl2N3O4S. The van der Waals surface area contributed by atoms with Crippen molar-refractivity contribution in [2.24, 2.45) is 0 Å². The number of aryl methyl sites for hydroxylation is 2. The van der Waals surface area contributed by atoms with Gasteiger partial charge in [-0.15, -0.1) is 0 Å². The lowest BCUT2D eigenvalue weighted by Gasteiger charge is -2.33. The van der Waals surface area contributed by atoms with Gasteiger partial charge < -0.3 is 10.2 Å². The zero-order valence-corrected chi connectivity index (χ0v) is 23.3.